The Bertz CT molecular complexity index is 1200. The number of allylic oxidation sites excluding steroid dienone is 1. The second-order valence-electron chi connectivity index (χ2n) is 8.72. The molecule has 0 aliphatic carbocycles. The van der Waals surface area contributed by atoms with Crippen molar-refractivity contribution in [2.75, 3.05) is 13.2 Å². The quantitative estimate of drug-likeness (QED) is 0.147. The van der Waals surface area contributed by atoms with E-state index in [1.54, 1.807) is 22.8 Å². The largest absolute Gasteiger partial charge is 0.377 e. The molecule has 0 unspecified atom stereocenters. The fourth-order valence-electron chi connectivity index (χ4n) is 4.19. The van der Waals surface area contributed by atoms with Crippen molar-refractivity contribution >= 4 is 11.9 Å². The molecule has 0 aliphatic rings. The maximum Gasteiger partial charge on any atom is 0.254 e. The summed E-state index contributed by atoms with van der Waals surface area (Å²) in [4.78, 5) is 26.1. The van der Waals surface area contributed by atoms with Crippen LogP contribution in [0.25, 0.3) is 6.08 Å². The van der Waals surface area contributed by atoms with Gasteiger partial charge >= 0.3 is 0 Å². The van der Waals surface area contributed by atoms with Crippen LogP contribution in [-0.2, 0) is 29.1 Å². The Morgan fingerprint density at radius 3 is 2.14 bits per heavy atom. The summed E-state index contributed by atoms with van der Waals surface area (Å²) in [7, 11) is 0. The first-order valence-corrected chi connectivity index (χ1v) is 12.3. The van der Waals surface area contributed by atoms with E-state index >= 15 is 0 Å². The maximum atomic E-state index is 13.6. The normalized spacial score (nSPS) is 11.7. The summed E-state index contributed by atoms with van der Waals surface area (Å²) in [6.07, 6.45) is 5.06. The van der Waals surface area contributed by atoms with Gasteiger partial charge in [-0.15, -0.1) is 6.58 Å². The number of hydrogen-bond donors (Lipinski definition) is 0. The average Bonchev–Trinajstić information content (AvgIpc) is 2.89. The summed E-state index contributed by atoms with van der Waals surface area (Å²) in [6, 6.07) is 21.3. The molecule has 0 aliphatic heterocycles. The molecule has 0 spiro atoms. The topological polar surface area (TPSA) is 57.5 Å². The molecule has 1 aromatic heterocycles. The van der Waals surface area contributed by atoms with Crippen molar-refractivity contribution in [1.29, 1.82) is 0 Å². The molecule has 188 valence electrons. The lowest BCUT2D eigenvalue weighted by Crippen LogP contribution is -2.33. The molecule has 3 aromatic rings. The van der Waals surface area contributed by atoms with Crippen LogP contribution in [0.5, 0.6) is 0 Å². The molecule has 1 heterocycles. The number of ether oxygens (including phenoxy) is 2. The van der Waals surface area contributed by atoms with Gasteiger partial charge in [-0.2, -0.15) is 0 Å². The van der Waals surface area contributed by atoms with Crippen molar-refractivity contribution in [2.45, 2.75) is 45.4 Å². The molecule has 36 heavy (non-hydrogen) atoms. The summed E-state index contributed by atoms with van der Waals surface area (Å²) in [5.41, 5.74) is 3.63. The molecule has 0 bridgehead atoms. The van der Waals surface area contributed by atoms with E-state index in [9.17, 15) is 9.59 Å². The maximum absolute atomic E-state index is 13.6. The lowest BCUT2D eigenvalue weighted by molar-refractivity contribution is 0.0888. The Kier molecular flexibility index (Phi) is 10.6. The fraction of sp³-hybridized carbons (Fsp3) is 0.290. The second-order valence-corrected chi connectivity index (χ2v) is 8.72. The van der Waals surface area contributed by atoms with E-state index in [2.05, 4.69) is 13.2 Å². The number of ketones is 1. The van der Waals surface area contributed by atoms with E-state index < -0.39 is 0 Å². The van der Waals surface area contributed by atoms with Crippen molar-refractivity contribution in [1.82, 2.24) is 4.57 Å². The number of Topliss-reactive ketones (excluding diaryl/α,β-unsaturated/α-hetero) is 1. The van der Waals surface area contributed by atoms with Crippen LogP contribution in [0, 0.1) is 0 Å². The van der Waals surface area contributed by atoms with Crippen molar-refractivity contribution in [3.05, 3.63) is 124 Å². The zero-order valence-electron chi connectivity index (χ0n) is 21.0. The minimum Gasteiger partial charge on any atom is -0.377 e. The number of aromatic nitrogens is 1. The van der Waals surface area contributed by atoms with E-state index in [-0.39, 0.29) is 17.4 Å². The molecular formula is C31H35NO4. The minimum atomic E-state index is -0.306. The van der Waals surface area contributed by atoms with Crippen LogP contribution in [0.2, 0.25) is 0 Å². The first-order valence-electron chi connectivity index (χ1n) is 12.3. The Balaban J connectivity index is 1.78. The summed E-state index contributed by atoms with van der Waals surface area (Å²) in [6.45, 7) is 11.1. The van der Waals surface area contributed by atoms with Gasteiger partial charge in [-0.05, 0) is 49.5 Å². The van der Waals surface area contributed by atoms with Gasteiger partial charge in [0, 0.05) is 17.7 Å². The number of rotatable bonds is 15. The second kappa shape index (κ2) is 14.1. The highest BCUT2D eigenvalue weighted by atomic mass is 16.5. The Hall–Kier alpha value is -3.54. The summed E-state index contributed by atoms with van der Waals surface area (Å²) in [5.74, 6) is -0.109. The summed E-state index contributed by atoms with van der Waals surface area (Å²) >= 11 is 0. The third kappa shape index (κ3) is 7.48. The highest BCUT2D eigenvalue weighted by Gasteiger charge is 2.21. The first kappa shape index (κ1) is 27.1. The van der Waals surface area contributed by atoms with Crippen molar-refractivity contribution in [3.8, 4) is 0 Å². The van der Waals surface area contributed by atoms with Gasteiger partial charge < -0.3 is 14.0 Å². The van der Waals surface area contributed by atoms with E-state index in [1.165, 1.54) is 6.92 Å². The Morgan fingerprint density at radius 2 is 1.58 bits per heavy atom. The van der Waals surface area contributed by atoms with Crippen LogP contribution in [0.15, 0.2) is 90.8 Å². The standard InChI is InChI=1S/C31H35NO4/c1-4-13-28(23-36-22-26-16-10-7-11-17-26)32-30(5-2)29(24(3)33)20-27(31(32)34)18-12-19-35-21-25-14-8-6-9-15-25/h4-11,14-17,20,28H,1-2,12-13,18-19,21-23H2,3H3/t28-/m0/s1. The third-order valence-corrected chi connectivity index (χ3v) is 5.99. The van der Waals surface area contributed by atoms with Crippen LogP contribution in [0.4, 0.5) is 0 Å². The van der Waals surface area contributed by atoms with Crippen LogP contribution < -0.4 is 5.56 Å². The SMILES string of the molecule is C=CC[C@@H](COCc1ccccc1)n1c(C=C)c(C(C)=O)cc(CCCOCc2ccccc2)c1=O. The Labute approximate surface area is 213 Å². The van der Waals surface area contributed by atoms with Crippen molar-refractivity contribution in [3.63, 3.8) is 0 Å². The summed E-state index contributed by atoms with van der Waals surface area (Å²) in [5, 5.41) is 0. The van der Waals surface area contributed by atoms with Gasteiger partial charge in [0.2, 0.25) is 0 Å². The summed E-state index contributed by atoms with van der Waals surface area (Å²) < 4.78 is 13.4. The van der Waals surface area contributed by atoms with Gasteiger partial charge in [0.25, 0.3) is 5.56 Å². The highest BCUT2D eigenvalue weighted by Crippen LogP contribution is 2.21. The fourth-order valence-corrected chi connectivity index (χ4v) is 4.19. The molecular weight excluding hydrogens is 450 g/mol. The van der Waals surface area contributed by atoms with E-state index in [0.29, 0.717) is 62.5 Å². The number of nitrogens with zero attached hydrogens (tertiary/aromatic N) is 1. The molecule has 3 rings (SSSR count). The minimum absolute atomic E-state index is 0.109. The van der Waals surface area contributed by atoms with Crippen LogP contribution in [0.1, 0.15) is 58.5 Å². The number of pyridine rings is 1. The number of aryl methyl sites for hydroxylation is 1. The van der Waals surface area contributed by atoms with E-state index in [4.69, 9.17) is 9.47 Å². The van der Waals surface area contributed by atoms with Crippen molar-refractivity contribution < 1.29 is 14.3 Å². The molecule has 5 heteroatoms. The molecule has 0 saturated heterocycles. The predicted octanol–water partition coefficient (Wildman–Crippen LogP) is 6.18. The third-order valence-electron chi connectivity index (χ3n) is 5.99. The molecule has 1 atom stereocenters. The molecule has 5 nitrogen and oxygen atoms in total. The molecule has 0 amide bonds. The number of carbonyl (C=O) groups is 1. The predicted molar refractivity (Wildman–Crippen MR) is 145 cm³/mol. The smallest absolute Gasteiger partial charge is 0.254 e. The first-order chi connectivity index (χ1) is 17.5. The molecule has 2 aromatic carbocycles. The average molecular weight is 486 g/mol. The zero-order valence-corrected chi connectivity index (χ0v) is 21.0. The number of hydrogen-bond acceptors (Lipinski definition) is 4. The van der Waals surface area contributed by atoms with E-state index in [0.717, 1.165) is 11.1 Å². The Morgan fingerprint density at radius 1 is 0.972 bits per heavy atom. The van der Waals surface area contributed by atoms with Gasteiger partial charge in [-0.25, -0.2) is 0 Å². The molecule has 0 radical (unpaired) electrons. The number of benzene rings is 2. The molecule has 0 fully saturated rings. The van der Waals surface area contributed by atoms with Crippen LogP contribution in [0.3, 0.4) is 0 Å². The van der Waals surface area contributed by atoms with Gasteiger partial charge in [0.1, 0.15) is 0 Å². The van der Waals surface area contributed by atoms with Gasteiger partial charge in [0.15, 0.2) is 5.78 Å². The van der Waals surface area contributed by atoms with Crippen molar-refractivity contribution in [2.24, 2.45) is 0 Å². The monoisotopic (exact) mass is 485 g/mol. The highest BCUT2D eigenvalue weighted by molar-refractivity contribution is 5.97. The lowest BCUT2D eigenvalue weighted by Gasteiger charge is -2.24. The molecule has 0 N–H and O–H groups in total. The lowest BCUT2D eigenvalue weighted by atomic mass is 10.0. The molecule has 0 saturated carbocycles. The van der Waals surface area contributed by atoms with Gasteiger partial charge in [-0.3, -0.25) is 9.59 Å². The van der Waals surface area contributed by atoms with Crippen LogP contribution in [-0.4, -0.2) is 23.6 Å². The van der Waals surface area contributed by atoms with Crippen LogP contribution >= 0.6 is 0 Å². The van der Waals surface area contributed by atoms with Gasteiger partial charge in [0.05, 0.1) is 31.6 Å². The number of carbonyl (C=O) groups excluding carboxylic acids is 1. The van der Waals surface area contributed by atoms with Gasteiger partial charge in [-0.1, -0.05) is 73.3 Å². The van der Waals surface area contributed by atoms with E-state index in [1.807, 2.05) is 60.7 Å². The zero-order chi connectivity index (χ0) is 25.8.